The van der Waals surface area contributed by atoms with Gasteiger partial charge in [0.25, 0.3) is 0 Å². The fourth-order valence-corrected chi connectivity index (χ4v) is 19.1. The lowest BCUT2D eigenvalue weighted by Crippen LogP contribution is -1.93. The maximum Gasteiger partial charge on any atom is -0.00177 e. The summed E-state index contributed by atoms with van der Waals surface area (Å²) in [5.41, 5.74) is 14.4. The molecule has 24 rings (SSSR count). The Bertz CT molecular complexity index is 7350. The van der Waals surface area contributed by atoms with Crippen molar-refractivity contribution in [2.45, 2.75) is 20.8 Å². The third-order valence-electron chi connectivity index (χ3n) is 23.6. The predicted molar refractivity (Wildman–Crippen MR) is 431 cm³/mol. The van der Waals surface area contributed by atoms with Gasteiger partial charge in [-0.15, -0.1) is 0 Å². The van der Waals surface area contributed by atoms with Gasteiger partial charge in [0.15, 0.2) is 0 Å². The highest BCUT2D eigenvalue weighted by atomic mass is 14.3. The van der Waals surface area contributed by atoms with Crippen LogP contribution in [0.1, 0.15) is 16.7 Å². The van der Waals surface area contributed by atoms with Gasteiger partial charge < -0.3 is 0 Å². The fraction of sp³-hybridized carbons (Fsp3) is 0.0303. The Balaban J connectivity index is 0.000000123. The van der Waals surface area contributed by atoms with Crippen molar-refractivity contribution < 1.29 is 0 Å². The average Bonchev–Trinajstić information content (AvgIpc) is 0.718. The van der Waals surface area contributed by atoms with E-state index in [1.54, 1.807) is 0 Å². The van der Waals surface area contributed by atoms with Gasteiger partial charge in [-0.25, -0.2) is 0 Å². The molecule has 0 aliphatic carbocycles. The molecule has 0 atom stereocenters. The summed E-state index contributed by atoms with van der Waals surface area (Å²) in [4.78, 5) is 0. The second kappa shape index (κ2) is 19.4. The number of hydrogen-bond acceptors (Lipinski definition) is 0. The molecule has 454 valence electrons. The van der Waals surface area contributed by atoms with Crippen LogP contribution in [0.15, 0.2) is 297 Å². The summed E-state index contributed by atoms with van der Waals surface area (Å²) in [5, 5.41) is 47.9. The topological polar surface area (TPSA) is 0 Å². The van der Waals surface area contributed by atoms with Crippen molar-refractivity contribution in [2.24, 2.45) is 0 Å². The van der Waals surface area contributed by atoms with Gasteiger partial charge in [0.2, 0.25) is 0 Å². The van der Waals surface area contributed by atoms with E-state index in [4.69, 9.17) is 0 Å². The van der Waals surface area contributed by atoms with Gasteiger partial charge in [-0.05, 0) is 276 Å². The van der Waals surface area contributed by atoms with Crippen LogP contribution in [0.5, 0.6) is 0 Å². The lowest BCUT2D eigenvalue weighted by Gasteiger charge is -2.20. The smallest absolute Gasteiger partial charge is 0.00177 e. The fourth-order valence-electron chi connectivity index (χ4n) is 19.1. The number of aryl methyl sites for hydroxylation is 3. The Hall–Kier alpha value is -12.5. The zero-order valence-corrected chi connectivity index (χ0v) is 54.8. The molecule has 0 aliphatic rings. The van der Waals surface area contributed by atoms with E-state index in [0.29, 0.717) is 0 Å². The van der Waals surface area contributed by atoms with Crippen molar-refractivity contribution in [3.63, 3.8) is 0 Å². The van der Waals surface area contributed by atoms with E-state index < -0.39 is 0 Å². The zero-order chi connectivity index (χ0) is 64.8. The molecule has 24 aromatic rings. The average molecular weight is 1250 g/mol. The minimum atomic E-state index is 1.29. The summed E-state index contributed by atoms with van der Waals surface area (Å²) in [6.45, 7) is 6.74. The summed E-state index contributed by atoms with van der Waals surface area (Å²) in [7, 11) is 0. The van der Waals surface area contributed by atoms with Crippen LogP contribution in [-0.2, 0) is 0 Å². The van der Waals surface area contributed by atoms with Crippen molar-refractivity contribution in [1.82, 2.24) is 0 Å². The molecule has 0 N–H and O–H groups in total. The Morgan fingerprint density at radius 3 is 0.596 bits per heavy atom. The molecule has 0 aromatic heterocycles. The Morgan fingerprint density at radius 2 is 0.293 bits per heavy atom. The molecule has 0 heteroatoms. The lowest BCUT2D eigenvalue weighted by atomic mass is 9.83. The molecule has 0 saturated heterocycles. The second-order valence-electron chi connectivity index (χ2n) is 28.5. The van der Waals surface area contributed by atoms with Crippen molar-refractivity contribution >= 4 is 194 Å². The minimum absolute atomic E-state index is 1.29. The quantitative estimate of drug-likeness (QED) is 0.154. The number of benzene rings is 24. The van der Waals surface area contributed by atoms with Gasteiger partial charge in [0, 0.05) is 0 Å². The third kappa shape index (κ3) is 7.17. The van der Waals surface area contributed by atoms with E-state index >= 15 is 0 Å². The van der Waals surface area contributed by atoms with E-state index in [0.717, 1.165) is 0 Å². The molecule has 0 fully saturated rings. The number of rotatable bonds is 4. The molecular formula is C99H58. The molecule has 0 heterocycles. The van der Waals surface area contributed by atoms with E-state index in [1.165, 1.54) is 255 Å². The molecule has 0 bridgehead atoms. The van der Waals surface area contributed by atoms with Gasteiger partial charge in [-0.3, -0.25) is 0 Å². The molecule has 0 nitrogen and oxygen atoms in total. The highest BCUT2D eigenvalue weighted by Gasteiger charge is 2.24. The van der Waals surface area contributed by atoms with E-state index in [9.17, 15) is 0 Å². The first-order valence-corrected chi connectivity index (χ1v) is 34.9. The van der Waals surface area contributed by atoms with E-state index in [1.807, 2.05) is 0 Å². The highest BCUT2D eigenvalue weighted by molar-refractivity contribution is 6.36. The Kier molecular flexibility index (Phi) is 10.5. The van der Waals surface area contributed by atoms with E-state index in [2.05, 4.69) is 318 Å². The Morgan fingerprint density at radius 1 is 0.121 bits per heavy atom. The molecule has 0 aliphatic heterocycles. The van der Waals surface area contributed by atoms with Crippen molar-refractivity contribution in [1.29, 1.82) is 0 Å². The van der Waals surface area contributed by atoms with Crippen LogP contribution in [0.3, 0.4) is 0 Å². The summed E-state index contributed by atoms with van der Waals surface area (Å²) in [6.07, 6.45) is 0. The van der Waals surface area contributed by atoms with Gasteiger partial charge in [0.05, 0.1) is 0 Å². The largest absolute Gasteiger partial charge is 0.0610 e. The van der Waals surface area contributed by atoms with Crippen molar-refractivity contribution in [3.8, 4) is 44.5 Å². The SMILES string of the molecule is Cc1cc(-c2ccc3ccc4cccc5ccc2c3c45)c2ccc3ccc(-c4ccc5ccc6cccc7ccc4c5c67)c4ccc1c2c34.Cc1ccc2ccc3c(-c4ccc5ccc6c(-c7ccc8ccc9c(C)ccc%10ccc7c8c%109)ccc7ccc4c5c76)ccc4ccc1c2c43. The molecule has 0 spiro atoms. The van der Waals surface area contributed by atoms with Gasteiger partial charge in [0.1, 0.15) is 0 Å². The normalized spacial score (nSPS) is 12.6. The van der Waals surface area contributed by atoms with Crippen LogP contribution in [0, 0.1) is 20.8 Å². The standard InChI is InChI=1S/C50H30.C49H28/c1-27-3-5-29-13-23-41-37(19-9-31-7-17-35(27)45(29)47(31)41)39-21-11-33-16-26-44-40(22-12-34-15-25-43(39)49(33)50(34)44)38-20-10-32-8-18-36-28(2)4-6-30-14-24-42(38)48(32)46(30)36;1-27-26-43(38-20-14-33-11-9-29-5-3-7-31-16-22-40(38)47(33)45(29)31)42-23-17-34-13-19-37(41-25-24-35(27)49(42)48(34)41)36-18-12-32-10-8-28-4-2-6-30-15-21-39(36)46(32)44(28)30/h3-26H,1-2H3;2-26H,1H3. The van der Waals surface area contributed by atoms with Crippen LogP contribution in [-0.4, -0.2) is 0 Å². The minimum Gasteiger partial charge on any atom is -0.0610 e. The maximum absolute atomic E-state index is 2.43. The van der Waals surface area contributed by atoms with Crippen LogP contribution < -0.4 is 0 Å². The first-order valence-electron chi connectivity index (χ1n) is 34.9. The van der Waals surface area contributed by atoms with Crippen LogP contribution in [0.25, 0.3) is 238 Å². The first kappa shape index (κ1) is 53.7. The molecular weight excluding hydrogens is 1190 g/mol. The van der Waals surface area contributed by atoms with Crippen LogP contribution in [0.2, 0.25) is 0 Å². The summed E-state index contributed by atoms with van der Waals surface area (Å²) in [6, 6.07) is 113. The van der Waals surface area contributed by atoms with Crippen molar-refractivity contribution in [3.05, 3.63) is 314 Å². The van der Waals surface area contributed by atoms with E-state index in [-0.39, 0.29) is 0 Å². The summed E-state index contributed by atoms with van der Waals surface area (Å²) < 4.78 is 0. The zero-order valence-electron chi connectivity index (χ0n) is 54.8. The number of hydrogen-bond donors (Lipinski definition) is 0. The molecule has 0 amide bonds. The summed E-state index contributed by atoms with van der Waals surface area (Å²) >= 11 is 0. The van der Waals surface area contributed by atoms with Crippen molar-refractivity contribution in [2.75, 3.05) is 0 Å². The maximum atomic E-state index is 2.43. The Labute approximate surface area is 569 Å². The highest BCUT2D eigenvalue weighted by Crippen LogP contribution is 2.51. The second-order valence-corrected chi connectivity index (χ2v) is 28.5. The predicted octanol–water partition coefficient (Wildman–Crippen LogP) is 28.4. The third-order valence-corrected chi connectivity index (χ3v) is 23.6. The van der Waals surface area contributed by atoms with Crippen LogP contribution >= 0.6 is 0 Å². The van der Waals surface area contributed by atoms with Gasteiger partial charge in [-0.2, -0.15) is 0 Å². The molecule has 0 unspecified atom stereocenters. The molecule has 0 radical (unpaired) electrons. The summed E-state index contributed by atoms with van der Waals surface area (Å²) in [5.74, 6) is 0. The van der Waals surface area contributed by atoms with Crippen LogP contribution in [0.4, 0.5) is 0 Å². The first-order chi connectivity index (χ1) is 48.8. The molecule has 99 heavy (non-hydrogen) atoms. The van der Waals surface area contributed by atoms with Gasteiger partial charge >= 0.3 is 0 Å². The molecule has 0 saturated carbocycles. The van der Waals surface area contributed by atoms with Gasteiger partial charge in [-0.1, -0.05) is 297 Å². The monoisotopic (exact) mass is 1250 g/mol. The lowest BCUT2D eigenvalue weighted by molar-refractivity contribution is 1.54. The molecule has 24 aromatic carbocycles.